The Hall–Kier alpha value is -4.59. The van der Waals surface area contributed by atoms with Gasteiger partial charge in [-0.05, 0) is 110 Å². The van der Waals surface area contributed by atoms with Gasteiger partial charge in [0.2, 0.25) is 0 Å². The first-order valence-electron chi connectivity index (χ1n) is 29.4. The third-order valence-corrected chi connectivity index (χ3v) is 16.9. The molecule has 498 valence electrons. The Kier molecular flexibility index (Phi) is 21.9. The lowest BCUT2D eigenvalue weighted by Crippen LogP contribution is -2.42. The number of hydrogen-bond donors (Lipinski definition) is 5. The number of anilines is 3. The van der Waals surface area contributed by atoms with Crippen LogP contribution in [-0.2, 0) is 67.6 Å². The molecule has 14 atom stereocenters. The van der Waals surface area contributed by atoms with Crippen molar-refractivity contribution in [1.82, 2.24) is 58.6 Å². The van der Waals surface area contributed by atoms with Crippen LogP contribution in [0.4, 0.5) is 17.5 Å². The van der Waals surface area contributed by atoms with Gasteiger partial charge < -0.3 is 64.7 Å². The summed E-state index contributed by atoms with van der Waals surface area (Å²) < 4.78 is 83.6. The molecule has 9 heterocycles. The predicted molar refractivity (Wildman–Crippen MR) is 338 cm³/mol. The van der Waals surface area contributed by atoms with Crippen molar-refractivity contribution in [1.29, 1.82) is 0 Å². The Labute approximate surface area is 526 Å². The van der Waals surface area contributed by atoms with Gasteiger partial charge in [0.25, 0.3) is 0 Å². The van der Waals surface area contributed by atoms with Crippen LogP contribution in [0.1, 0.15) is 163 Å². The van der Waals surface area contributed by atoms with Crippen molar-refractivity contribution < 1.29 is 65.6 Å². The van der Waals surface area contributed by atoms with E-state index in [1.54, 1.807) is 56.8 Å². The van der Waals surface area contributed by atoms with Gasteiger partial charge in [0, 0.05) is 21.3 Å². The number of nitrogen functional groups attached to an aromatic ring is 3. The van der Waals surface area contributed by atoms with Gasteiger partial charge >= 0.3 is 14.5 Å². The minimum atomic E-state index is -4.41. The van der Waals surface area contributed by atoms with Crippen molar-refractivity contribution in [3.63, 3.8) is 0 Å². The van der Waals surface area contributed by atoms with Gasteiger partial charge in [-0.3, -0.25) is 27.3 Å². The van der Waals surface area contributed by atoms with Gasteiger partial charge in [0.05, 0.1) is 54.1 Å². The quantitative estimate of drug-likeness (QED) is 0.0563. The van der Waals surface area contributed by atoms with Crippen LogP contribution in [0.3, 0.4) is 0 Å². The van der Waals surface area contributed by atoms with Crippen LogP contribution < -0.4 is 17.2 Å². The Morgan fingerprint density at radius 2 is 0.764 bits per heavy atom. The number of ether oxygens (including phenoxy) is 7. The second-order valence-corrected chi connectivity index (χ2v) is 33.1. The van der Waals surface area contributed by atoms with E-state index in [4.69, 9.17) is 80.3 Å². The van der Waals surface area contributed by atoms with Crippen LogP contribution in [0.25, 0.3) is 33.5 Å². The summed E-state index contributed by atoms with van der Waals surface area (Å²) in [7, 11) is 0.329. The van der Waals surface area contributed by atoms with E-state index in [1.807, 2.05) is 66.9 Å². The second kappa shape index (κ2) is 27.2. The molecule has 3 aliphatic rings. The minimum Gasteiger partial charge on any atom is -0.382 e. The topological polar surface area (TPSA) is 368 Å². The lowest BCUT2D eigenvalue weighted by atomic mass is 9.87. The second-order valence-electron chi connectivity index (χ2n) is 29.0. The maximum Gasteiger partial charge on any atom is 0.473 e. The van der Waals surface area contributed by atoms with Gasteiger partial charge in [0.15, 0.2) is 53.1 Å². The number of rotatable bonds is 16. The Morgan fingerprint density at radius 1 is 0.461 bits per heavy atom. The van der Waals surface area contributed by atoms with E-state index >= 15 is 0 Å². The highest BCUT2D eigenvalue weighted by molar-refractivity contribution is 8.07. The molecule has 5 unspecified atom stereocenters. The van der Waals surface area contributed by atoms with Crippen LogP contribution >= 0.6 is 14.5 Å². The first-order chi connectivity index (χ1) is 40.9. The van der Waals surface area contributed by atoms with E-state index in [0.717, 1.165) is 6.42 Å². The van der Waals surface area contributed by atoms with Crippen molar-refractivity contribution in [2.75, 3.05) is 38.5 Å². The average Bonchev–Trinajstić information content (AvgIpc) is 1.66. The maximum atomic E-state index is 12.8. The number of phosphoric ester groups is 1. The third kappa shape index (κ3) is 18.6. The van der Waals surface area contributed by atoms with E-state index in [2.05, 4.69) is 86.4 Å². The predicted octanol–water partition coefficient (Wildman–Crippen LogP) is 9.17. The molecule has 0 aliphatic carbocycles. The number of fused-ring (bicyclic) bond motifs is 3. The zero-order valence-electron chi connectivity index (χ0n) is 55.2. The SMILES string of the molecule is COC1[C@@H](OC(C)(C)C)[C@@H](CC(C)(C)C)O[C@H]1n1cnc2c(N)ncnc21.COC1[C@@H](OP(=O)(O)OC(C)(C)C)[C@@H](CC(C)(C)C)O[C@H]1n1cnc2c(N)ncnc21.COC1[C@@H](OP(O)(=S)OC(C)(C)C)[C@@H](CC(C)(C)C)O[C@H]1n1cnc2c(N)ncnc21. The summed E-state index contributed by atoms with van der Waals surface area (Å²) in [6.45, 7) is 32.0. The molecule has 0 radical (unpaired) electrons. The van der Waals surface area contributed by atoms with E-state index in [1.165, 1.54) is 32.4 Å². The molecule has 0 bridgehead atoms. The Bertz CT molecular complexity index is 3290. The van der Waals surface area contributed by atoms with E-state index < -0.39 is 81.1 Å². The first kappa shape index (κ1) is 71.8. The fraction of sp³-hybridized carbons (Fsp3) is 0.737. The monoisotopic (exact) mass is 1310 g/mol. The van der Waals surface area contributed by atoms with Gasteiger partial charge in [0.1, 0.15) is 72.2 Å². The van der Waals surface area contributed by atoms with Crippen LogP contribution in [0.5, 0.6) is 0 Å². The Balaban J connectivity index is 0.000000191. The summed E-state index contributed by atoms with van der Waals surface area (Å²) in [6.07, 6.45) is 4.79. The molecule has 6 aromatic rings. The van der Waals surface area contributed by atoms with Crippen molar-refractivity contribution in [3.8, 4) is 0 Å². The number of aromatic nitrogens is 12. The van der Waals surface area contributed by atoms with Crippen molar-refractivity contribution >= 4 is 77.3 Å². The molecular weight excluding hydrogens is 1210 g/mol. The number of hydrogen-bond acceptors (Lipinski definition) is 25. The number of nitrogens with two attached hydrogens (primary N) is 3. The fourth-order valence-corrected chi connectivity index (χ4v) is 14.4. The summed E-state index contributed by atoms with van der Waals surface area (Å²) in [5, 5.41) is 0. The number of phosphoric acid groups is 1. The highest BCUT2D eigenvalue weighted by Crippen LogP contribution is 2.55. The zero-order chi connectivity index (χ0) is 66.4. The van der Waals surface area contributed by atoms with Crippen molar-refractivity contribution in [2.45, 2.75) is 234 Å². The van der Waals surface area contributed by atoms with E-state index in [0.29, 0.717) is 52.2 Å². The molecule has 3 fully saturated rings. The third-order valence-electron chi connectivity index (χ3n) is 13.9. The summed E-state index contributed by atoms with van der Waals surface area (Å²) in [6, 6.07) is 0. The molecule has 0 saturated carbocycles. The van der Waals surface area contributed by atoms with Crippen LogP contribution in [-0.4, -0.2) is 161 Å². The molecule has 3 saturated heterocycles. The first-order valence-corrected chi connectivity index (χ1v) is 33.5. The number of methoxy groups -OCH3 is 3. The molecular formula is C57H95N15O14P2S. The molecule has 6 aromatic heterocycles. The molecule has 32 heteroatoms. The normalized spacial score (nSPS) is 26.9. The molecule has 29 nitrogen and oxygen atoms in total. The van der Waals surface area contributed by atoms with Gasteiger partial charge in [-0.1, -0.05) is 62.3 Å². The van der Waals surface area contributed by atoms with Gasteiger partial charge in [-0.2, -0.15) is 0 Å². The Morgan fingerprint density at radius 3 is 1.06 bits per heavy atom. The molecule has 0 amide bonds. The lowest BCUT2D eigenvalue weighted by Gasteiger charge is -2.32. The summed E-state index contributed by atoms with van der Waals surface area (Å²) in [5.41, 5.74) is 18.8. The van der Waals surface area contributed by atoms with E-state index in [9.17, 15) is 14.4 Å². The summed E-state index contributed by atoms with van der Waals surface area (Å²) in [5.74, 6) is 0.867. The number of imidazole rings is 3. The summed E-state index contributed by atoms with van der Waals surface area (Å²) >= 11 is 5.31. The standard InChI is InChI=1S/C19H32N5O6P.C19H32N5O5PS.C19H31N5O3/c1-18(2,3)8-11-13(29-31(25,26)30-19(4,5)6)14(27-7)17(28-11)24-10-23-12-15(20)21-9-22-16(12)24;1-18(2,3)8-11-13(28-30(25,31)29-19(4,5)6)14(26-7)17(27-11)24-10-23-12-15(20)21-9-22-16(12)24;1-18(2,3)8-11-13(27-19(4,5)6)14(25-7)17(26-11)24-10-23-12-15(20)21-9-22-16(12)24/h9-11,13-14,17H,8H2,1-7H3,(H,25,26)(H2,20,21,22);9-11,13-14,17H,8H2,1-7H3,(H,25,31)(H2,20,21,22);9-11,13-14,17H,8H2,1-7H3,(H2,20,21,22)/t11-,13+,14?,17-;11-,13+,14?,17-,30?;11-,13+,14?,17-/m111/s1. The van der Waals surface area contributed by atoms with Gasteiger partial charge in [-0.15, -0.1) is 0 Å². The largest absolute Gasteiger partial charge is 0.473 e. The number of nitrogens with zero attached hydrogens (tertiary/aromatic N) is 12. The van der Waals surface area contributed by atoms with Crippen molar-refractivity contribution in [2.24, 2.45) is 16.2 Å². The lowest BCUT2D eigenvalue weighted by molar-refractivity contribution is -0.123. The minimum absolute atomic E-state index is 0.0774. The highest BCUT2D eigenvalue weighted by atomic mass is 32.5. The van der Waals surface area contributed by atoms with E-state index in [-0.39, 0.29) is 51.8 Å². The maximum absolute atomic E-state index is 12.8. The fourth-order valence-electron chi connectivity index (χ4n) is 10.9. The molecule has 8 N–H and O–H groups in total. The van der Waals surface area contributed by atoms with Gasteiger partial charge in [-0.25, -0.2) is 49.4 Å². The van der Waals surface area contributed by atoms with Crippen molar-refractivity contribution in [3.05, 3.63) is 38.0 Å². The average molecular weight is 1310 g/mol. The van der Waals surface area contributed by atoms with Crippen LogP contribution in [0, 0.1) is 16.2 Å². The molecule has 3 aliphatic heterocycles. The molecule has 0 aromatic carbocycles. The summed E-state index contributed by atoms with van der Waals surface area (Å²) in [4.78, 5) is 59.0. The highest BCUT2D eigenvalue weighted by Gasteiger charge is 2.54. The molecule has 89 heavy (non-hydrogen) atoms. The smallest absolute Gasteiger partial charge is 0.382 e. The zero-order valence-corrected chi connectivity index (χ0v) is 57.8. The molecule has 0 spiro atoms. The molecule has 9 rings (SSSR count). The van der Waals surface area contributed by atoms with Crippen LogP contribution in [0.15, 0.2) is 38.0 Å². The van der Waals surface area contributed by atoms with Crippen LogP contribution in [0.2, 0.25) is 0 Å².